The standard InChI is InChI=1S/C14H14N2O2/c1-10-3-4-14(18-2)12(7-10)8-13(17)11-5-6-15-16-9-11/h3-7,9H,8H2,1-2H3. The predicted molar refractivity (Wildman–Crippen MR) is 67.8 cm³/mol. The van der Waals surface area contributed by atoms with Crippen LogP contribution in [0.4, 0.5) is 0 Å². The van der Waals surface area contributed by atoms with Crippen LogP contribution in [0, 0.1) is 6.92 Å². The van der Waals surface area contributed by atoms with Crippen molar-refractivity contribution in [2.45, 2.75) is 13.3 Å². The number of aryl methyl sites for hydroxylation is 1. The van der Waals surface area contributed by atoms with Gasteiger partial charge in [0, 0.05) is 17.5 Å². The zero-order valence-corrected chi connectivity index (χ0v) is 10.4. The van der Waals surface area contributed by atoms with Crippen LogP contribution < -0.4 is 4.74 Å². The van der Waals surface area contributed by atoms with Crippen LogP contribution in [0.2, 0.25) is 0 Å². The molecule has 0 aliphatic rings. The Morgan fingerprint density at radius 3 is 2.78 bits per heavy atom. The highest BCUT2D eigenvalue weighted by Crippen LogP contribution is 2.21. The van der Waals surface area contributed by atoms with Crippen molar-refractivity contribution in [1.82, 2.24) is 10.2 Å². The molecular weight excluding hydrogens is 228 g/mol. The van der Waals surface area contributed by atoms with Crippen molar-refractivity contribution in [3.8, 4) is 5.75 Å². The number of ether oxygens (including phenoxy) is 1. The normalized spacial score (nSPS) is 10.1. The number of Topliss-reactive ketones (excluding diaryl/α,β-unsaturated/α-hetero) is 1. The van der Waals surface area contributed by atoms with Gasteiger partial charge in [-0.05, 0) is 19.1 Å². The van der Waals surface area contributed by atoms with E-state index in [2.05, 4.69) is 10.2 Å². The molecule has 0 N–H and O–H groups in total. The highest BCUT2D eigenvalue weighted by Gasteiger charge is 2.11. The molecule has 0 unspecified atom stereocenters. The number of nitrogens with zero attached hydrogens (tertiary/aromatic N) is 2. The average Bonchev–Trinajstić information content (AvgIpc) is 2.40. The van der Waals surface area contributed by atoms with Gasteiger partial charge in [0.15, 0.2) is 5.78 Å². The number of carbonyl (C=O) groups excluding carboxylic acids is 1. The molecule has 0 amide bonds. The molecule has 0 fully saturated rings. The second-order valence-corrected chi connectivity index (χ2v) is 4.05. The Balaban J connectivity index is 2.24. The number of ketones is 1. The third kappa shape index (κ3) is 2.71. The molecule has 1 heterocycles. The van der Waals surface area contributed by atoms with Crippen LogP contribution in [-0.2, 0) is 6.42 Å². The third-order valence-electron chi connectivity index (χ3n) is 2.69. The van der Waals surface area contributed by atoms with Crippen molar-refractivity contribution < 1.29 is 9.53 Å². The number of methoxy groups -OCH3 is 1. The molecule has 0 aliphatic carbocycles. The van der Waals surface area contributed by atoms with Gasteiger partial charge in [0.2, 0.25) is 0 Å². The van der Waals surface area contributed by atoms with Crippen molar-refractivity contribution in [3.63, 3.8) is 0 Å². The van der Waals surface area contributed by atoms with E-state index >= 15 is 0 Å². The average molecular weight is 242 g/mol. The first-order valence-electron chi connectivity index (χ1n) is 5.64. The smallest absolute Gasteiger partial charge is 0.169 e. The van der Waals surface area contributed by atoms with E-state index in [0.717, 1.165) is 16.9 Å². The number of hydrogen-bond acceptors (Lipinski definition) is 4. The quantitative estimate of drug-likeness (QED) is 0.771. The molecule has 1 aromatic carbocycles. The minimum Gasteiger partial charge on any atom is -0.496 e. The van der Waals surface area contributed by atoms with E-state index < -0.39 is 0 Å². The van der Waals surface area contributed by atoms with E-state index in [1.807, 2.05) is 25.1 Å². The highest BCUT2D eigenvalue weighted by molar-refractivity contribution is 5.97. The van der Waals surface area contributed by atoms with Crippen LogP contribution in [0.5, 0.6) is 5.75 Å². The summed E-state index contributed by atoms with van der Waals surface area (Å²) in [6.07, 6.45) is 3.29. The lowest BCUT2D eigenvalue weighted by Crippen LogP contribution is -2.06. The van der Waals surface area contributed by atoms with Gasteiger partial charge in [0.1, 0.15) is 5.75 Å². The predicted octanol–water partition coefficient (Wildman–Crippen LogP) is 2.22. The minimum absolute atomic E-state index is 0.00815. The van der Waals surface area contributed by atoms with Crippen LogP contribution in [0.1, 0.15) is 21.5 Å². The summed E-state index contributed by atoms with van der Waals surface area (Å²) in [5.74, 6) is 0.741. The van der Waals surface area contributed by atoms with E-state index in [9.17, 15) is 4.79 Å². The largest absolute Gasteiger partial charge is 0.496 e. The number of benzene rings is 1. The van der Waals surface area contributed by atoms with Crippen molar-refractivity contribution in [2.24, 2.45) is 0 Å². The number of rotatable bonds is 4. The second kappa shape index (κ2) is 5.40. The molecule has 0 atom stereocenters. The molecule has 0 aliphatic heterocycles. The first-order valence-corrected chi connectivity index (χ1v) is 5.64. The molecule has 2 aromatic rings. The van der Waals surface area contributed by atoms with E-state index in [1.165, 1.54) is 12.4 Å². The molecule has 18 heavy (non-hydrogen) atoms. The Bertz CT molecular complexity index is 553. The van der Waals surface area contributed by atoms with Gasteiger partial charge in [-0.2, -0.15) is 10.2 Å². The van der Waals surface area contributed by atoms with Gasteiger partial charge in [-0.1, -0.05) is 17.7 Å². The van der Waals surface area contributed by atoms with Crippen LogP contribution in [0.25, 0.3) is 0 Å². The summed E-state index contributed by atoms with van der Waals surface area (Å²) in [6.45, 7) is 1.99. The lowest BCUT2D eigenvalue weighted by atomic mass is 10.0. The van der Waals surface area contributed by atoms with E-state index in [0.29, 0.717) is 12.0 Å². The Kier molecular flexibility index (Phi) is 3.67. The summed E-state index contributed by atoms with van der Waals surface area (Å²) < 4.78 is 5.26. The molecular formula is C14H14N2O2. The zero-order chi connectivity index (χ0) is 13.0. The number of carbonyl (C=O) groups is 1. The van der Waals surface area contributed by atoms with Gasteiger partial charge in [-0.25, -0.2) is 0 Å². The third-order valence-corrected chi connectivity index (χ3v) is 2.69. The summed E-state index contributed by atoms with van der Waals surface area (Å²) in [5, 5.41) is 7.36. The molecule has 0 radical (unpaired) electrons. The maximum Gasteiger partial charge on any atom is 0.169 e. The maximum atomic E-state index is 12.1. The first kappa shape index (κ1) is 12.2. The molecule has 2 rings (SSSR count). The Morgan fingerprint density at radius 2 is 2.11 bits per heavy atom. The van der Waals surface area contributed by atoms with Crippen molar-refractivity contribution >= 4 is 5.78 Å². The zero-order valence-electron chi connectivity index (χ0n) is 10.4. The Labute approximate surface area is 106 Å². The van der Waals surface area contributed by atoms with Crippen LogP contribution in [0.15, 0.2) is 36.7 Å². The molecule has 1 aromatic heterocycles. The summed E-state index contributed by atoms with van der Waals surface area (Å²) in [4.78, 5) is 12.1. The van der Waals surface area contributed by atoms with Gasteiger partial charge < -0.3 is 4.74 Å². The number of hydrogen-bond donors (Lipinski definition) is 0. The molecule has 0 saturated carbocycles. The van der Waals surface area contributed by atoms with Crippen molar-refractivity contribution in [3.05, 3.63) is 53.3 Å². The van der Waals surface area contributed by atoms with Gasteiger partial charge in [-0.15, -0.1) is 0 Å². The highest BCUT2D eigenvalue weighted by atomic mass is 16.5. The fraction of sp³-hybridized carbons (Fsp3) is 0.214. The van der Waals surface area contributed by atoms with Crippen LogP contribution >= 0.6 is 0 Å². The van der Waals surface area contributed by atoms with Crippen molar-refractivity contribution in [1.29, 1.82) is 0 Å². The molecule has 92 valence electrons. The van der Waals surface area contributed by atoms with Gasteiger partial charge in [0.25, 0.3) is 0 Å². The van der Waals surface area contributed by atoms with Crippen LogP contribution in [-0.4, -0.2) is 23.1 Å². The monoisotopic (exact) mass is 242 g/mol. The van der Waals surface area contributed by atoms with E-state index in [4.69, 9.17) is 4.74 Å². The fourth-order valence-electron chi connectivity index (χ4n) is 1.78. The summed E-state index contributed by atoms with van der Waals surface area (Å²) in [6, 6.07) is 7.46. The SMILES string of the molecule is COc1ccc(C)cc1CC(=O)c1ccnnc1. The molecule has 0 bridgehead atoms. The van der Waals surface area contributed by atoms with E-state index in [1.54, 1.807) is 13.2 Å². The summed E-state index contributed by atoms with van der Waals surface area (Å²) >= 11 is 0. The topological polar surface area (TPSA) is 52.1 Å². The fourth-order valence-corrected chi connectivity index (χ4v) is 1.78. The molecule has 0 spiro atoms. The molecule has 0 saturated heterocycles. The van der Waals surface area contributed by atoms with E-state index in [-0.39, 0.29) is 5.78 Å². The van der Waals surface area contributed by atoms with Crippen molar-refractivity contribution in [2.75, 3.05) is 7.11 Å². The Morgan fingerprint density at radius 1 is 1.28 bits per heavy atom. The lowest BCUT2D eigenvalue weighted by molar-refractivity contribution is 0.0991. The minimum atomic E-state index is 0.00815. The molecule has 4 heteroatoms. The maximum absolute atomic E-state index is 12.1. The first-order chi connectivity index (χ1) is 8.70. The number of aromatic nitrogens is 2. The van der Waals surface area contributed by atoms with Gasteiger partial charge in [0.05, 0.1) is 19.5 Å². The summed E-state index contributed by atoms with van der Waals surface area (Å²) in [7, 11) is 1.60. The van der Waals surface area contributed by atoms with Gasteiger partial charge in [-0.3, -0.25) is 4.79 Å². The van der Waals surface area contributed by atoms with Crippen LogP contribution in [0.3, 0.4) is 0 Å². The summed E-state index contributed by atoms with van der Waals surface area (Å²) in [5.41, 5.74) is 2.55. The molecule has 4 nitrogen and oxygen atoms in total. The Hall–Kier alpha value is -2.23. The lowest BCUT2D eigenvalue weighted by Gasteiger charge is -2.08. The second-order valence-electron chi connectivity index (χ2n) is 4.05. The van der Waals surface area contributed by atoms with Gasteiger partial charge >= 0.3 is 0 Å².